The second kappa shape index (κ2) is 13.2. The number of aromatic nitrogens is 4. The van der Waals surface area contributed by atoms with Gasteiger partial charge >= 0.3 is 28.7 Å². The fourth-order valence-corrected chi connectivity index (χ4v) is 6.69. The van der Waals surface area contributed by atoms with Gasteiger partial charge in [-0.3, -0.25) is 9.59 Å². The van der Waals surface area contributed by atoms with Crippen LogP contribution < -0.4 is 9.97 Å². The first-order chi connectivity index (χ1) is 20.9. The van der Waals surface area contributed by atoms with E-state index in [1.807, 2.05) is 32.9 Å². The van der Waals surface area contributed by atoms with Crippen molar-refractivity contribution >= 4 is 56.3 Å². The normalized spacial score (nSPS) is 13.0. The number of hydrogen-bond acceptors (Lipinski definition) is 4. The van der Waals surface area contributed by atoms with Crippen molar-refractivity contribution in [3.8, 4) is 0 Å². The van der Waals surface area contributed by atoms with Crippen LogP contribution in [0.15, 0.2) is 12.1 Å². The van der Waals surface area contributed by atoms with E-state index in [0.29, 0.717) is 24.1 Å². The van der Waals surface area contributed by atoms with Crippen LogP contribution in [0, 0.1) is 27.7 Å². The molecule has 0 amide bonds. The standard InChI is InChI=1S/C36H42N4O4.Co/c1-9-23-20(6)33-21(7)34-24(10-2)17(3)27(37-34)15-28-18(4)25(11-13-31(41)42)35(38-28)22(8)36-26(12-14-32(43)44)19(5)29(39-36)16-30(23)40-33;/h15-16H,9-14H2,1-8H3,(H4,37,38,39,40,41,42,43,44);/q;+2/p-2. The third kappa shape index (κ3) is 6.03. The molecule has 237 valence electrons. The second-order valence-corrected chi connectivity index (χ2v) is 11.8. The molecule has 0 saturated carbocycles. The fraction of sp³-hybridized carbons (Fsp3) is 0.389. The molecule has 3 aromatic rings. The van der Waals surface area contributed by atoms with Crippen LogP contribution in [0.2, 0.25) is 0 Å². The number of carboxylic acid groups (broad SMARTS) is 2. The van der Waals surface area contributed by atoms with E-state index in [4.69, 9.17) is 19.9 Å². The molecule has 2 N–H and O–H groups in total. The predicted molar refractivity (Wildman–Crippen MR) is 175 cm³/mol. The summed E-state index contributed by atoms with van der Waals surface area (Å²) < 4.78 is 0. The number of nitrogens with zero attached hydrogens (tertiary/aromatic N) is 4. The Morgan fingerprint density at radius 3 is 1.73 bits per heavy atom. The smallest absolute Gasteiger partial charge is 0.657 e. The first-order valence-electron chi connectivity index (χ1n) is 15.3. The van der Waals surface area contributed by atoms with Crippen LogP contribution in [0.25, 0.3) is 44.4 Å². The molecule has 3 aromatic heterocycles. The van der Waals surface area contributed by atoms with Crippen molar-refractivity contribution < 1.29 is 36.6 Å². The monoisotopic (exact) mass is 651 g/mol. The number of hydrogen-bond donors (Lipinski definition) is 2. The Labute approximate surface area is 274 Å². The first-order valence-corrected chi connectivity index (χ1v) is 15.3. The molecule has 0 unspecified atom stereocenters. The number of fused-ring (bicyclic) bond motifs is 8. The maximum atomic E-state index is 11.6. The van der Waals surface area contributed by atoms with Crippen molar-refractivity contribution in [1.82, 2.24) is 19.9 Å². The minimum Gasteiger partial charge on any atom is -0.657 e. The van der Waals surface area contributed by atoms with E-state index in [1.165, 1.54) is 5.56 Å². The Morgan fingerprint density at radius 1 is 0.644 bits per heavy atom. The van der Waals surface area contributed by atoms with Gasteiger partial charge in [0, 0.05) is 12.8 Å². The Balaban J connectivity index is 0.00000461. The zero-order valence-electron chi connectivity index (χ0n) is 27.2. The van der Waals surface area contributed by atoms with Crippen LogP contribution in [0.1, 0.15) is 110 Å². The molecule has 0 atom stereocenters. The van der Waals surface area contributed by atoms with Crippen LogP contribution >= 0.6 is 0 Å². The number of carboxylic acids is 2. The van der Waals surface area contributed by atoms with E-state index in [2.05, 4.69) is 34.6 Å². The summed E-state index contributed by atoms with van der Waals surface area (Å²) in [6, 6.07) is 4.03. The Morgan fingerprint density at radius 2 is 1.16 bits per heavy atom. The maximum Gasteiger partial charge on any atom is 2.00 e. The van der Waals surface area contributed by atoms with E-state index >= 15 is 0 Å². The van der Waals surface area contributed by atoms with Gasteiger partial charge in [-0.25, -0.2) is 9.97 Å². The largest absolute Gasteiger partial charge is 2.00 e. The van der Waals surface area contributed by atoms with Crippen LogP contribution in [-0.2, 0) is 39.2 Å². The summed E-state index contributed by atoms with van der Waals surface area (Å²) in [6.07, 6.45) is 2.22. The summed E-state index contributed by atoms with van der Waals surface area (Å²) in [7, 11) is 0. The number of carbonyl (C=O) groups is 2. The number of aryl methyl sites for hydroxylation is 6. The fourth-order valence-electron chi connectivity index (χ4n) is 6.69. The Hall–Kier alpha value is -3.95. The average Bonchev–Trinajstić information content (AvgIpc) is 3.67. The molecule has 0 spiro atoms. The van der Waals surface area contributed by atoms with Crippen LogP contribution in [-0.4, -0.2) is 32.1 Å². The molecule has 5 rings (SSSR count). The van der Waals surface area contributed by atoms with E-state index in [0.717, 1.165) is 96.6 Å². The minimum atomic E-state index is -0.875. The molecule has 5 heterocycles. The third-order valence-electron chi connectivity index (χ3n) is 9.27. The van der Waals surface area contributed by atoms with Gasteiger partial charge in [0.25, 0.3) is 0 Å². The molecular formula is C36H40CoN4O4. The molecule has 8 bridgehead atoms. The molecule has 8 nitrogen and oxygen atoms in total. The minimum absolute atomic E-state index is 0. The van der Waals surface area contributed by atoms with Gasteiger partial charge in [0.2, 0.25) is 0 Å². The van der Waals surface area contributed by atoms with Crippen LogP contribution in [0.4, 0.5) is 0 Å². The molecule has 0 fully saturated rings. The van der Waals surface area contributed by atoms with E-state index in [1.54, 1.807) is 0 Å². The predicted octanol–water partition coefficient (Wildman–Crippen LogP) is 7.52. The van der Waals surface area contributed by atoms with Gasteiger partial charge in [-0.1, -0.05) is 48.2 Å². The van der Waals surface area contributed by atoms with Crippen molar-refractivity contribution in [2.45, 2.75) is 93.9 Å². The number of rotatable bonds is 8. The summed E-state index contributed by atoms with van der Waals surface area (Å²) in [5, 5.41) is 19.1. The number of allylic oxidation sites excluding steroid dienone is 4. The third-order valence-corrected chi connectivity index (χ3v) is 9.27. The molecule has 0 saturated heterocycles. The molecule has 0 aromatic carbocycles. The van der Waals surface area contributed by atoms with Gasteiger partial charge in [0.1, 0.15) is 0 Å². The van der Waals surface area contributed by atoms with Crippen molar-refractivity contribution in [3.63, 3.8) is 0 Å². The molecule has 45 heavy (non-hydrogen) atoms. The molecule has 0 aliphatic carbocycles. The summed E-state index contributed by atoms with van der Waals surface area (Å²) in [4.78, 5) is 43.8. The van der Waals surface area contributed by atoms with Crippen molar-refractivity contribution in [1.29, 1.82) is 0 Å². The average molecular weight is 652 g/mol. The SMILES string of the molecule is CCC1=C(C)c2nc1cc1[n-]c(c(C)c3nc(cc4[n-]c(c2C)c(CC)c4C)C(C)=C3CCC(=O)O)c(CCC(=O)O)c1C.[Co+2]. The summed E-state index contributed by atoms with van der Waals surface area (Å²) in [5.74, 6) is -1.75. The van der Waals surface area contributed by atoms with Gasteiger partial charge < -0.3 is 20.2 Å². The molecule has 1 radical (unpaired) electrons. The maximum absolute atomic E-state index is 11.6. The quantitative estimate of drug-likeness (QED) is 0.256. The van der Waals surface area contributed by atoms with Crippen LogP contribution in [0.5, 0.6) is 0 Å². The van der Waals surface area contributed by atoms with E-state index in [9.17, 15) is 19.8 Å². The Kier molecular flexibility index (Phi) is 9.94. The molecule has 2 aliphatic heterocycles. The van der Waals surface area contributed by atoms with Crippen molar-refractivity contribution in [2.24, 2.45) is 0 Å². The zero-order valence-corrected chi connectivity index (χ0v) is 28.3. The summed E-state index contributed by atoms with van der Waals surface area (Å²) >= 11 is 0. The van der Waals surface area contributed by atoms with Gasteiger partial charge in [-0.05, 0) is 101 Å². The zero-order chi connectivity index (χ0) is 32.0. The van der Waals surface area contributed by atoms with Gasteiger partial charge in [0.15, 0.2) is 0 Å². The first kappa shape index (κ1) is 33.9. The van der Waals surface area contributed by atoms with E-state index < -0.39 is 11.9 Å². The van der Waals surface area contributed by atoms with Gasteiger partial charge in [0.05, 0.1) is 22.8 Å². The van der Waals surface area contributed by atoms with Gasteiger partial charge in [-0.2, -0.15) is 0 Å². The molecule has 9 heteroatoms. The Bertz CT molecular complexity index is 1960. The summed E-state index contributed by atoms with van der Waals surface area (Å²) in [5.41, 5.74) is 16.4. The molecule has 2 aliphatic rings. The molecular weight excluding hydrogens is 611 g/mol. The number of aliphatic carboxylic acids is 2. The van der Waals surface area contributed by atoms with Gasteiger partial charge in [-0.15, -0.1) is 22.1 Å². The summed E-state index contributed by atoms with van der Waals surface area (Å²) in [6.45, 7) is 16.5. The van der Waals surface area contributed by atoms with Crippen LogP contribution in [0.3, 0.4) is 0 Å². The second-order valence-electron chi connectivity index (χ2n) is 11.8. The topological polar surface area (TPSA) is 129 Å². The van der Waals surface area contributed by atoms with Crippen molar-refractivity contribution in [3.05, 3.63) is 68.3 Å². The van der Waals surface area contributed by atoms with Crippen molar-refractivity contribution in [2.75, 3.05) is 0 Å². The van der Waals surface area contributed by atoms with E-state index in [-0.39, 0.29) is 29.6 Å².